The van der Waals surface area contributed by atoms with Crippen molar-refractivity contribution >= 4 is 34.6 Å². The first-order valence-corrected chi connectivity index (χ1v) is 9.26. The number of carbonyl (C=O) groups is 1. The summed E-state index contributed by atoms with van der Waals surface area (Å²) >= 11 is 6.36. The summed E-state index contributed by atoms with van der Waals surface area (Å²) in [6, 6.07) is 11.3. The van der Waals surface area contributed by atoms with E-state index in [0.29, 0.717) is 34.1 Å². The van der Waals surface area contributed by atoms with Crippen LogP contribution >= 0.6 is 11.6 Å². The highest BCUT2D eigenvalue weighted by molar-refractivity contribution is 6.36. The fourth-order valence-electron chi connectivity index (χ4n) is 2.78. The molecular weight excluding hydrogens is 394 g/mol. The number of carbonyl (C=O) groups excluding carboxylic acids is 1. The van der Waals surface area contributed by atoms with Crippen LogP contribution in [0, 0.1) is 10.1 Å². The lowest BCUT2D eigenvalue weighted by atomic mass is 10.00. The van der Waals surface area contributed by atoms with Crippen LogP contribution in [0.3, 0.4) is 0 Å². The average Bonchev–Trinajstić information content (AvgIpc) is 2.81. The molecule has 0 saturated carbocycles. The third-order valence-electron chi connectivity index (χ3n) is 4.25. The van der Waals surface area contributed by atoms with Gasteiger partial charge in [-0.05, 0) is 26.2 Å². The van der Waals surface area contributed by atoms with Crippen molar-refractivity contribution in [2.24, 2.45) is 4.99 Å². The number of nitro groups is 1. The minimum absolute atomic E-state index is 0.103. The van der Waals surface area contributed by atoms with E-state index in [4.69, 9.17) is 11.6 Å². The molecule has 29 heavy (non-hydrogen) atoms. The van der Waals surface area contributed by atoms with E-state index in [0.717, 1.165) is 6.54 Å². The van der Waals surface area contributed by atoms with Crippen molar-refractivity contribution in [2.75, 3.05) is 32.5 Å². The molecule has 1 aliphatic rings. The predicted octanol–water partition coefficient (Wildman–Crippen LogP) is 3.03. The largest absolute Gasteiger partial charge is 0.388 e. The SMILES string of the molecule is CN(C)CCNC=C1N=C(c2ccccc2Cl)c2cc([N+](=O)[O-])ccc2NC1=O. The Hall–Kier alpha value is -3.23. The van der Waals surface area contributed by atoms with E-state index in [9.17, 15) is 14.9 Å². The molecule has 0 radical (unpaired) electrons. The number of nitrogens with one attached hydrogen (secondary N) is 2. The van der Waals surface area contributed by atoms with Crippen LogP contribution in [0.15, 0.2) is 59.4 Å². The van der Waals surface area contributed by atoms with E-state index in [1.54, 1.807) is 24.3 Å². The third-order valence-corrected chi connectivity index (χ3v) is 4.58. The number of aliphatic imine (C=N–C) groups is 1. The van der Waals surface area contributed by atoms with Gasteiger partial charge in [0.1, 0.15) is 5.70 Å². The van der Waals surface area contributed by atoms with Crippen LogP contribution in [0.1, 0.15) is 11.1 Å². The Kier molecular flexibility index (Phi) is 6.26. The summed E-state index contributed by atoms with van der Waals surface area (Å²) in [6.07, 6.45) is 1.54. The Labute approximate surface area is 173 Å². The first-order valence-electron chi connectivity index (χ1n) is 8.89. The summed E-state index contributed by atoms with van der Waals surface area (Å²) in [6.45, 7) is 1.40. The molecule has 1 amide bonds. The molecule has 0 aliphatic carbocycles. The van der Waals surface area contributed by atoms with Gasteiger partial charge in [0.15, 0.2) is 0 Å². The average molecular weight is 414 g/mol. The van der Waals surface area contributed by atoms with Gasteiger partial charge in [-0.2, -0.15) is 0 Å². The molecule has 2 aromatic carbocycles. The van der Waals surface area contributed by atoms with E-state index in [1.807, 2.05) is 19.0 Å². The van der Waals surface area contributed by atoms with Crippen LogP contribution in [-0.4, -0.2) is 48.6 Å². The Morgan fingerprint density at radius 1 is 1.24 bits per heavy atom. The van der Waals surface area contributed by atoms with Crippen molar-refractivity contribution in [3.05, 3.63) is 80.6 Å². The van der Waals surface area contributed by atoms with Crippen molar-refractivity contribution in [1.29, 1.82) is 0 Å². The monoisotopic (exact) mass is 413 g/mol. The molecule has 9 heteroatoms. The second kappa shape index (κ2) is 8.85. The zero-order chi connectivity index (χ0) is 21.0. The van der Waals surface area contributed by atoms with Gasteiger partial charge in [0.25, 0.3) is 11.6 Å². The van der Waals surface area contributed by atoms with Gasteiger partial charge in [-0.15, -0.1) is 0 Å². The summed E-state index contributed by atoms with van der Waals surface area (Å²) in [5.74, 6) is -0.417. The Morgan fingerprint density at radius 3 is 2.69 bits per heavy atom. The van der Waals surface area contributed by atoms with Crippen molar-refractivity contribution in [1.82, 2.24) is 10.2 Å². The van der Waals surface area contributed by atoms with Crippen LogP contribution in [0.25, 0.3) is 0 Å². The van der Waals surface area contributed by atoms with Crippen molar-refractivity contribution in [3.63, 3.8) is 0 Å². The van der Waals surface area contributed by atoms with Gasteiger partial charge in [0, 0.05) is 47.6 Å². The van der Waals surface area contributed by atoms with E-state index in [2.05, 4.69) is 15.6 Å². The second-order valence-corrected chi connectivity index (χ2v) is 7.08. The highest BCUT2D eigenvalue weighted by atomic mass is 35.5. The predicted molar refractivity (Wildman–Crippen MR) is 113 cm³/mol. The molecule has 1 aliphatic heterocycles. The number of hydrogen-bond donors (Lipinski definition) is 2. The Morgan fingerprint density at radius 2 is 2.00 bits per heavy atom. The molecule has 0 spiro atoms. The van der Waals surface area contributed by atoms with Crippen LogP contribution in [0.5, 0.6) is 0 Å². The number of rotatable bonds is 6. The topological polar surface area (TPSA) is 99.9 Å². The molecule has 0 atom stereocenters. The number of benzene rings is 2. The lowest BCUT2D eigenvalue weighted by Crippen LogP contribution is -2.24. The van der Waals surface area contributed by atoms with Crippen molar-refractivity contribution < 1.29 is 9.72 Å². The first-order chi connectivity index (χ1) is 13.9. The number of likely N-dealkylation sites (N-methyl/N-ethyl adjacent to an activating group) is 1. The van der Waals surface area contributed by atoms with E-state index in [1.165, 1.54) is 24.4 Å². The second-order valence-electron chi connectivity index (χ2n) is 6.67. The van der Waals surface area contributed by atoms with Gasteiger partial charge in [0.05, 0.1) is 16.3 Å². The quantitative estimate of drug-likeness (QED) is 0.328. The molecule has 150 valence electrons. The Bertz CT molecular complexity index is 1020. The van der Waals surface area contributed by atoms with Gasteiger partial charge in [-0.3, -0.25) is 14.9 Å². The van der Waals surface area contributed by atoms with E-state index in [-0.39, 0.29) is 11.4 Å². The minimum Gasteiger partial charge on any atom is -0.388 e. The lowest BCUT2D eigenvalue weighted by Gasteiger charge is -2.10. The lowest BCUT2D eigenvalue weighted by molar-refractivity contribution is -0.384. The molecule has 0 fully saturated rings. The molecule has 8 nitrogen and oxygen atoms in total. The number of hydrogen-bond acceptors (Lipinski definition) is 6. The van der Waals surface area contributed by atoms with Crippen molar-refractivity contribution in [2.45, 2.75) is 0 Å². The van der Waals surface area contributed by atoms with E-state index < -0.39 is 10.8 Å². The van der Waals surface area contributed by atoms with Gasteiger partial charge < -0.3 is 15.5 Å². The number of anilines is 1. The molecular formula is C20H20ClN5O3. The smallest absolute Gasteiger partial charge is 0.275 e. The molecule has 0 saturated heterocycles. The maximum atomic E-state index is 12.7. The van der Waals surface area contributed by atoms with Gasteiger partial charge >= 0.3 is 0 Å². The van der Waals surface area contributed by atoms with E-state index >= 15 is 0 Å². The highest BCUT2D eigenvalue weighted by Gasteiger charge is 2.24. The van der Waals surface area contributed by atoms with Crippen LogP contribution in [0.2, 0.25) is 5.02 Å². The minimum atomic E-state index is -0.489. The zero-order valence-corrected chi connectivity index (χ0v) is 16.7. The Balaban J connectivity index is 2.12. The summed E-state index contributed by atoms with van der Waals surface area (Å²) < 4.78 is 0. The number of non-ortho nitro benzene ring substituents is 1. The standard InChI is InChI=1S/C20H20ClN5O3/c1-25(2)10-9-22-12-18-20(27)24-17-8-7-13(26(28)29)11-15(17)19(23-18)14-5-3-4-6-16(14)21/h3-8,11-12,22H,9-10H2,1-2H3,(H,24,27). The molecule has 0 aromatic heterocycles. The number of nitro benzene ring substituents is 1. The molecule has 3 rings (SSSR count). The number of amides is 1. The third kappa shape index (κ3) is 4.79. The number of benzodiazepines with no additional fused rings is 1. The van der Waals surface area contributed by atoms with Gasteiger partial charge in [-0.1, -0.05) is 29.8 Å². The zero-order valence-electron chi connectivity index (χ0n) is 16.0. The van der Waals surface area contributed by atoms with Crippen LogP contribution < -0.4 is 10.6 Å². The van der Waals surface area contributed by atoms with Crippen LogP contribution in [0.4, 0.5) is 11.4 Å². The fraction of sp³-hybridized carbons (Fsp3) is 0.200. The summed E-state index contributed by atoms with van der Waals surface area (Å²) in [7, 11) is 3.90. The first kappa shape index (κ1) is 20.5. The number of fused-ring (bicyclic) bond motifs is 1. The summed E-state index contributed by atoms with van der Waals surface area (Å²) in [5, 5.41) is 17.5. The summed E-state index contributed by atoms with van der Waals surface area (Å²) in [5.41, 5.74) is 1.86. The maximum Gasteiger partial charge on any atom is 0.275 e. The molecule has 0 unspecified atom stereocenters. The van der Waals surface area contributed by atoms with Crippen LogP contribution in [-0.2, 0) is 4.79 Å². The molecule has 2 aromatic rings. The van der Waals surface area contributed by atoms with Gasteiger partial charge in [0.2, 0.25) is 0 Å². The normalized spacial score (nSPS) is 14.8. The fourth-order valence-corrected chi connectivity index (χ4v) is 3.01. The maximum absolute atomic E-state index is 12.7. The molecule has 2 N–H and O–H groups in total. The van der Waals surface area contributed by atoms with Gasteiger partial charge in [-0.25, -0.2) is 4.99 Å². The molecule has 0 bridgehead atoms. The summed E-state index contributed by atoms with van der Waals surface area (Å²) in [4.78, 5) is 30.0. The van der Waals surface area contributed by atoms with Crippen molar-refractivity contribution in [3.8, 4) is 0 Å². The molecule has 1 heterocycles. The highest BCUT2D eigenvalue weighted by Crippen LogP contribution is 2.31. The number of nitrogens with zero attached hydrogens (tertiary/aromatic N) is 3. The number of halogens is 1.